The molecule has 1 aromatic rings. The summed E-state index contributed by atoms with van der Waals surface area (Å²) in [6.45, 7) is 1.52. The van der Waals surface area contributed by atoms with Gasteiger partial charge in [0.1, 0.15) is 11.4 Å². The fourth-order valence-corrected chi connectivity index (χ4v) is 2.72. The van der Waals surface area contributed by atoms with Gasteiger partial charge in [-0.25, -0.2) is 9.18 Å². The summed E-state index contributed by atoms with van der Waals surface area (Å²) in [5.74, 6) is -2.12. The molecule has 0 unspecified atom stereocenters. The van der Waals surface area contributed by atoms with E-state index >= 15 is 0 Å². The molecule has 0 aliphatic heterocycles. The number of aliphatic carboxylic acids is 1. The lowest BCUT2D eigenvalue weighted by Gasteiger charge is -2.25. The second-order valence-corrected chi connectivity index (χ2v) is 5.54. The van der Waals surface area contributed by atoms with Crippen molar-refractivity contribution >= 4 is 23.5 Å². The van der Waals surface area contributed by atoms with Gasteiger partial charge in [-0.1, -0.05) is 24.4 Å². The lowest BCUT2D eigenvalue weighted by Crippen LogP contribution is -2.52. The first kappa shape index (κ1) is 14.8. The molecule has 1 aromatic carbocycles. The van der Waals surface area contributed by atoms with Crippen LogP contribution in [0.5, 0.6) is 0 Å². The van der Waals surface area contributed by atoms with Crippen LogP contribution >= 0.6 is 11.6 Å². The topological polar surface area (TPSA) is 66.4 Å². The molecule has 20 heavy (non-hydrogen) atoms. The van der Waals surface area contributed by atoms with Crippen molar-refractivity contribution in [3.63, 3.8) is 0 Å². The van der Waals surface area contributed by atoms with E-state index in [1.54, 1.807) is 0 Å². The zero-order valence-electron chi connectivity index (χ0n) is 11.0. The Hall–Kier alpha value is -1.62. The molecule has 0 atom stereocenters. The van der Waals surface area contributed by atoms with E-state index in [2.05, 4.69) is 5.32 Å². The third-order valence-corrected chi connectivity index (χ3v) is 4.02. The van der Waals surface area contributed by atoms with Crippen LogP contribution in [0.15, 0.2) is 12.1 Å². The van der Waals surface area contributed by atoms with E-state index in [1.165, 1.54) is 13.0 Å². The molecular formula is C14H15ClFNO3. The fourth-order valence-electron chi connectivity index (χ4n) is 2.49. The van der Waals surface area contributed by atoms with E-state index in [9.17, 15) is 19.1 Å². The Balaban J connectivity index is 2.28. The van der Waals surface area contributed by atoms with Gasteiger partial charge in [0.15, 0.2) is 0 Å². The summed E-state index contributed by atoms with van der Waals surface area (Å²) in [4.78, 5) is 23.6. The van der Waals surface area contributed by atoms with Crippen LogP contribution in [0.25, 0.3) is 0 Å². The Labute approximate surface area is 120 Å². The van der Waals surface area contributed by atoms with Gasteiger partial charge in [-0.05, 0) is 37.5 Å². The summed E-state index contributed by atoms with van der Waals surface area (Å²) in [5, 5.41) is 11.8. The van der Waals surface area contributed by atoms with Gasteiger partial charge in [-0.3, -0.25) is 4.79 Å². The predicted molar refractivity (Wildman–Crippen MR) is 72.4 cm³/mol. The minimum atomic E-state index is -1.23. The molecule has 1 aliphatic rings. The van der Waals surface area contributed by atoms with Crippen LogP contribution in [-0.2, 0) is 4.79 Å². The van der Waals surface area contributed by atoms with Crippen LogP contribution in [0.2, 0.25) is 5.02 Å². The molecule has 0 saturated heterocycles. The van der Waals surface area contributed by atoms with Gasteiger partial charge in [0.25, 0.3) is 5.91 Å². The Morgan fingerprint density at radius 1 is 1.35 bits per heavy atom. The van der Waals surface area contributed by atoms with Crippen molar-refractivity contribution in [1.82, 2.24) is 5.32 Å². The highest BCUT2D eigenvalue weighted by Gasteiger charge is 2.42. The largest absolute Gasteiger partial charge is 0.480 e. The van der Waals surface area contributed by atoms with Crippen LogP contribution in [0.4, 0.5) is 4.39 Å². The first-order valence-corrected chi connectivity index (χ1v) is 6.75. The number of benzene rings is 1. The van der Waals surface area contributed by atoms with Crippen molar-refractivity contribution < 1.29 is 19.1 Å². The quantitative estimate of drug-likeness (QED) is 0.902. The molecule has 1 fully saturated rings. The fraction of sp³-hybridized carbons (Fsp3) is 0.429. The average molecular weight is 300 g/mol. The highest BCUT2D eigenvalue weighted by atomic mass is 35.5. The molecule has 1 amide bonds. The van der Waals surface area contributed by atoms with Crippen LogP contribution in [0, 0.1) is 12.7 Å². The molecule has 2 N–H and O–H groups in total. The number of rotatable bonds is 3. The molecule has 1 aliphatic carbocycles. The number of hydrogen-bond donors (Lipinski definition) is 2. The van der Waals surface area contributed by atoms with Crippen LogP contribution in [-0.4, -0.2) is 22.5 Å². The second-order valence-electron chi connectivity index (χ2n) is 5.13. The van der Waals surface area contributed by atoms with Crippen molar-refractivity contribution in [3.05, 3.63) is 34.1 Å². The maximum absolute atomic E-state index is 13.3. The van der Waals surface area contributed by atoms with E-state index < -0.39 is 23.2 Å². The van der Waals surface area contributed by atoms with Crippen molar-refractivity contribution in [2.75, 3.05) is 0 Å². The minimum absolute atomic E-state index is 0.0239. The van der Waals surface area contributed by atoms with Gasteiger partial charge in [-0.2, -0.15) is 0 Å². The molecule has 0 bridgehead atoms. The van der Waals surface area contributed by atoms with Gasteiger partial charge >= 0.3 is 5.97 Å². The van der Waals surface area contributed by atoms with Gasteiger partial charge in [0.05, 0.1) is 10.6 Å². The van der Waals surface area contributed by atoms with Crippen molar-refractivity contribution in [1.29, 1.82) is 0 Å². The number of carboxylic acids is 1. The minimum Gasteiger partial charge on any atom is -0.480 e. The number of carbonyl (C=O) groups excluding carboxylic acids is 1. The Morgan fingerprint density at radius 2 is 1.95 bits per heavy atom. The normalized spacial score (nSPS) is 16.9. The number of nitrogens with one attached hydrogen (secondary N) is 1. The molecule has 6 heteroatoms. The molecule has 0 spiro atoms. The van der Waals surface area contributed by atoms with Gasteiger partial charge in [0, 0.05) is 0 Å². The summed E-state index contributed by atoms with van der Waals surface area (Å²) >= 11 is 5.86. The van der Waals surface area contributed by atoms with Crippen LogP contribution in [0.3, 0.4) is 0 Å². The molecule has 2 rings (SSSR count). The Kier molecular flexibility index (Phi) is 3.99. The summed E-state index contributed by atoms with van der Waals surface area (Å²) < 4.78 is 13.3. The molecule has 1 saturated carbocycles. The van der Waals surface area contributed by atoms with Crippen molar-refractivity contribution in [2.45, 2.75) is 38.1 Å². The molecule has 0 radical (unpaired) electrons. The summed E-state index contributed by atoms with van der Waals surface area (Å²) in [6, 6.07) is 2.39. The zero-order valence-corrected chi connectivity index (χ0v) is 11.8. The molecule has 108 valence electrons. The number of amides is 1. The molecular weight excluding hydrogens is 285 g/mol. The molecule has 0 aromatic heterocycles. The number of aryl methyl sites for hydroxylation is 1. The highest BCUT2D eigenvalue weighted by Crippen LogP contribution is 2.31. The number of halogens is 2. The average Bonchev–Trinajstić information content (AvgIpc) is 2.83. The SMILES string of the molecule is Cc1cc(C(=O)NC2(C(=O)O)CCCC2)c(Cl)cc1F. The Bertz CT molecular complexity index is 568. The van der Waals surface area contributed by atoms with Gasteiger partial charge in [-0.15, -0.1) is 0 Å². The first-order chi connectivity index (χ1) is 9.35. The van der Waals surface area contributed by atoms with E-state index in [0.717, 1.165) is 18.9 Å². The van der Waals surface area contributed by atoms with Crippen LogP contribution in [0.1, 0.15) is 41.6 Å². The summed E-state index contributed by atoms with van der Waals surface area (Å²) in [7, 11) is 0. The Morgan fingerprint density at radius 3 is 2.50 bits per heavy atom. The second kappa shape index (κ2) is 5.40. The third-order valence-electron chi connectivity index (χ3n) is 3.71. The smallest absolute Gasteiger partial charge is 0.329 e. The van der Waals surface area contributed by atoms with Gasteiger partial charge in [0.2, 0.25) is 0 Å². The lowest BCUT2D eigenvalue weighted by molar-refractivity contribution is -0.144. The molecule has 0 heterocycles. The number of carboxylic acid groups (broad SMARTS) is 1. The van der Waals surface area contributed by atoms with Crippen LogP contribution < -0.4 is 5.32 Å². The van der Waals surface area contributed by atoms with Crippen molar-refractivity contribution in [2.24, 2.45) is 0 Å². The van der Waals surface area contributed by atoms with Gasteiger partial charge < -0.3 is 10.4 Å². The summed E-state index contributed by atoms with van der Waals surface area (Å²) in [5.41, 5.74) is -0.851. The van der Waals surface area contributed by atoms with E-state index in [0.29, 0.717) is 12.8 Å². The number of hydrogen-bond acceptors (Lipinski definition) is 2. The van der Waals surface area contributed by atoms with E-state index in [4.69, 9.17) is 11.6 Å². The van der Waals surface area contributed by atoms with Crippen molar-refractivity contribution in [3.8, 4) is 0 Å². The highest BCUT2D eigenvalue weighted by molar-refractivity contribution is 6.34. The third kappa shape index (κ3) is 2.63. The molecule has 4 nitrogen and oxygen atoms in total. The maximum atomic E-state index is 13.3. The maximum Gasteiger partial charge on any atom is 0.329 e. The summed E-state index contributed by atoms with van der Waals surface area (Å²) in [6.07, 6.45) is 2.29. The first-order valence-electron chi connectivity index (χ1n) is 6.37. The standard InChI is InChI=1S/C14H15ClFNO3/c1-8-6-9(10(15)7-11(8)16)12(18)17-14(13(19)20)4-2-3-5-14/h6-7H,2-5H2,1H3,(H,17,18)(H,19,20). The monoisotopic (exact) mass is 299 g/mol. The van der Waals surface area contributed by atoms with E-state index in [1.807, 2.05) is 0 Å². The van der Waals surface area contributed by atoms with E-state index in [-0.39, 0.29) is 16.1 Å². The number of carbonyl (C=O) groups is 2. The zero-order chi connectivity index (χ0) is 14.9. The lowest BCUT2D eigenvalue weighted by atomic mass is 9.97. The predicted octanol–water partition coefficient (Wildman–Crippen LogP) is 2.91.